The molecule has 1 aromatic heterocycles. The Labute approximate surface area is 353 Å². The molecule has 2 saturated carbocycles. The molecule has 0 radical (unpaired) electrons. The molecule has 336 valence electrons. The topological polar surface area (TPSA) is 192 Å². The Balaban J connectivity index is 1.33. The van der Waals surface area contributed by atoms with Gasteiger partial charge in [0.15, 0.2) is 0 Å². The van der Waals surface area contributed by atoms with Crippen LogP contribution in [0, 0.1) is 23.2 Å². The summed E-state index contributed by atoms with van der Waals surface area (Å²) in [5.74, 6) is -2.08. The van der Waals surface area contributed by atoms with E-state index >= 15 is 0 Å². The van der Waals surface area contributed by atoms with Gasteiger partial charge in [0.05, 0.1) is 37.6 Å². The zero-order valence-corrected chi connectivity index (χ0v) is 36.1. The molecule has 19 heteroatoms. The number of benzene rings is 1. The van der Waals surface area contributed by atoms with Crippen molar-refractivity contribution in [2.45, 2.75) is 121 Å². The number of methoxy groups -OCH3 is 1. The van der Waals surface area contributed by atoms with Crippen LogP contribution in [0.15, 0.2) is 36.5 Å². The summed E-state index contributed by atoms with van der Waals surface area (Å²) >= 11 is 0. The number of pyridine rings is 1. The molecule has 0 bridgehead atoms. The van der Waals surface area contributed by atoms with Crippen molar-refractivity contribution in [3.05, 3.63) is 36.5 Å². The molecule has 61 heavy (non-hydrogen) atoms. The summed E-state index contributed by atoms with van der Waals surface area (Å²) in [7, 11) is -2.28. The predicted molar refractivity (Wildman–Crippen MR) is 217 cm³/mol. The Morgan fingerprint density at radius 3 is 2.48 bits per heavy atom. The van der Waals surface area contributed by atoms with Gasteiger partial charge in [-0.3, -0.25) is 19.1 Å². The van der Waals surface area contributed by atoms with Crippen LogP contribution in [-0.4, -0.2) is 104 Å². The van der Waals surface area contributed by atoms with Gasteiger partial charge in [-0.2, -0.15) is 13.2 Å². The number of carbonyl (C=O) groups is 4. The third-order valence-corrected chi connectivity index (χ3v) is 14.1. The van der Waals surface area contributed by atoms with Crippen LogP contribution >= 0.6 is 0 Å². The maximum absolute atomic E-state index is 14.9. The van der Waals surface area contributed by atoms with E-state index in [-0.39, 0.29) is 37.7 Å². The number of alkyl halides is 3. The van der Waals surface area contributed by atoms with Gasteiger partial charge in [0.2, 0.25) is 39.2 Å². The highest BCUT2D eigenvalue weighted by Gasteiger charge is 2.58. The summed E-state index contributed by atoms with van der Waals surface area (Å²) in [5.41, 5.74) is -3.76. The number of nitrogens with zero attached hydrogens (tertiary/aromatic N) is 2. The number of amides is 4. The standard InChI is InChI=1S/C42H56F3N5O10S/c1-7-25-17-24(3)11-9-10-16-41(20-31(41)35(51)49-61(55,56)28-13-14-28)23-47-36(52)32-19-27(22-50(32)38(53)34(25)48-39(54)60-40(4,5)42(43,44)45)59-37-29-15-12-26(57-6)18-30(29)33(21-46-37)58-8-2/h10,12,15-16,18,21,24-25,27-28,31-32,34H,7-9,11,13-14,17,19-20,22-23H2,1-6H3,(H,47,52)(H,48,54)(H,49,51). The van der Waals surface area contributed by atoms with E-state index in [1.54, 1.807) is 18.2 Å². The van der Waals surface area contributed by atoms with Crippen molar-refractivity contribution in [1.29, 1.82) is 0 Å². The van der Waals surface area contributed by atoms with Crippen LogP contribution in [0.1, 0.15) is 86.0 Å². The van der Waals surface area contributed by atoms with Crippen molar-refractivity contribution in [2.24, 2.45) is 23.2 Å². The van der Waals surface area contributed by atoms with Crippen molar-refractivity contribution in [3.63, 3.8) is 0 Å². The van der Waals surface area contributed by atoms with Crippen molar-refractivity contribution in [3.8, 4) is 17.4 Å². The Morgan fingerprint density at radius 2 is 1.82 bits per heavy atom. The van der Waals surface area contributed by atoms with E-state index in [9.17, 15) is 40.8 Å². The lowest BCUT2D eigenvalue weighted by Crippen LogP contribution is -2.57. The largest absolute Gasteiger partial charge is 0.497 e. The van der Waals surface area contributed by atoms with E-state index in [0.29, 0.717) is 81.3 Å². The summed E-state index contributed by atoms with van der Waals surface area (Å²) in [6.07, 6.45) is 1.19. The van der Waals surface area contributed by atoms with E-state index in [4.69, 9.17) is 18.9 Å². The lowest BCUT2D eigenvalue weighted by Gasteiger charge is -2.34. The molecule has 1 aromatic carbocycles. The first-order valence-electron chi connectivity index (χ1n) is 20.9. The average molecular weight is 880 g/mol. The van der Waals surface area contributed by atoms with E-state index in [2.05, 4.69) is 20.3 Å². The minimum atomic E-state index is -4.90. The summed E-state index contributed by atoms with van der Waals surface area (Å²) in [6.45, 7) is 7.17. The lowest BCUT2D eigenvalue weighted by atomic mass is 9.85. The van der Waals surface area contributed by atoms with Crippen LogP contribution in [0.25, 0.3) is 10.8 Å². The van der Waals surface area contributed by atoms with Crippen molar-refractivity contribution in [2.75, 3.05) is 26.8 Å². The fraction of sp³-hybridized carbons (Fsp3) is 0.643. The third kappa shape index (κ3) is 10.3. The molecule has 4 amide bonds. The number of ether oxygens (including phenoxy) is 4. The van der Waals surface area contributed by atoms with Gasteiger partial charge in [0.1, 0.15) is 29.7 Å². The number of allylic oxidation sites excluding steroid dienone is 1. The predicted octanol–water partition coefficient (Wildman–Crippen LogP) is 5.56. The molecular formula is C42H56F3N5O10S. The summed E-state index contributed by atoms with van der Waals surface area (Å²) < 4.78 is 91.5. The molecule has 3 fully saturated rings. The number of halogens is 3. The van der Waals surface area contributed by atoms with Crippen molar-refractivity contribution < 1.29 is 59.7 Å². The maximum atomic E-state index is 14.9. The minimum absolute atomic E-state index is 0.0397. The van der Waals surface area contributed by atoms with Gasteiger partial charge in [-0.05, 0) is 89.3 Å². The molecule has 2 aliphatic heterocycles. The van der Waals surface area contributed by atoms with Crippen molar-refractivity contribution in [1.82, 2.24) is 25.2 Å². The molecule has 15 nitrogen and oxygen atoms in total. The van der Waals surface area contributed by atoms with Crippen LogP contribution in [0.4, 0.5) is 18.0 Å². The van der Waals surface area contributed by atoms with Crippen molar-refractivity contribution >= 4 is 44.6 Å². The highest BCUT2D eigenvalue weighted by atomic mass is 32.2. The molecule has 6 rings (SSSR count). The van der Waals surface area contributed by atoms with Gasteiger partial charge in [-0.25, -0.2) is 18.2 Å². The van der Waals surface area contributed by atoms with Crippen LogP contribution < -0.4 is 29.6 Å². The van der Waals surface area contributed by atoms with Gasteiger partial charge >= 0.3 is 12.3 Å². The molecule has 3 N–H and O–H groups in total. The number of carbonyl (C=O) groups excluding carboxylic acids is 4. The zero-order chi connectivity index (χ0) is 44.5. The summed E-state index contributed by atoms with van der Waals surface area (Å²) in [6, 6.07) is 2.66. The Bertz CT molecular complexity index is 2130. The Morgan fingerprint density at radius 1 is 1.08 bits per heavy atom. The van der Waals surface area contributed by atoms with E-state index < -0.39 is 86.3 Å². The molecule has 4 aliphatic rings. The molecule has 1 spiro atoms. The molecule has 7 atom stereocenters. The number of sulfonamides is 1. The fourth-order valence-electron chi connectivity index (χ4n) is 8.23. The lowest BCUT2D eigenvalue weighted by molar-refractivity contribution is -0.244. The highest BCUT2D eigenvalue weighted by molar-refractivity contribution is 7.90. The molecule has 3 heterocycles. The van der Waals surface area contributed by atoms with E-state index in [1.165, 1.54) is 18.2 Å². The molecule has 1 saturated heterocycles. The minimum Gasteiger partial charge on any atom is -0.497 e. The SMILES string of the molecule is CCOc1cnc(OC2CC3C(=O)NCC4(C=CCCC(C)CC(CC)C(NC(=O)OC(C)(C)C(F)(F)F)C(=O)N3C2)CC4C(=O)NS(=O)(=O)C2CC2)c2ccc(OC)cc12. The third-order valence-electron chi connectivity index (χ3n) is 12.2. The number of nitrogens with one attached hydrogen (secondary N) is 3. The molecule has 2 aromatic rings. The number of fused-ring (bicyclic) bond motifs is 2. The molecule has 2 aliphatic carbocycles. The van der Waals surface area contributed by atoms with Gasteiger partial charge in [-0.1, -0.05) is 32.4 Å². The number of alkyl carbamates (subject to hydrolysis) is 1. The molecule has 7 unspecified atom stereocenters. The highest BCUT2D eigenvalue weighted by Crippen LogP contribution is 2.54. The second-order valence-electron chi connectivity index (χ2n) is 17.2. The van der Waals surface area contributed by atoms with Crippen LogP contribution in [-0.2, 0) is 29.1 Å². The van der Waals surface area contributed by atoms with E-state index in [0.717, 1.165) is 0 Å². The number of hydrogen-bond acceptors (Lipinski definition) is 11. The monoisotopic (exact) mass is 879 g/mol. The average Bonchev–Trinajstić information content (AvgIpc) is 4.13. The van der Waals surface area contributed by atoms with Crippen LogP contribution in [0.5, 0.6) is 17.4 Å². The second kappa shape index (κ2) is 17.9. The first kappa shape index (κ1) is 45.7. The van der Waals surface area contributed by atoms with Crippen LogP contribution in [0.3, 0.4) is 0 Å². The van der Waals surface area contributed by atoms with Gasteiger partial charge in [0, 0.05) is 29.2 Å². The Kier molecular flexibility index (Phi) is 13.4. The number of rotatable bonds is 11. The smallest absolute Gasteiger partial charge is 0.427 e. The summed E-state index contributed by atoms with van der Waals surface area (Å²) in [5, 5.41) is 5.98. The quantitative estimate of drug-likeness (QED) is 0.240. The number of hydrogen-bond donors (Lipinski definition) is 3. The van der Waals surface area contributed by atoms with Gasteiger partial charge < -0.3 is 34.5 Å². The fourth-order valence-corrected chi connectivity index (χ4v) is 9.57. The first-order chi connectivity index (χ1) is 28.7. The van der Waals surface area contributed by atoms with Gasteiger partial charge in [-0.15, -0.1) is 0 Å². The molecular weight excluding hydrogens is 824 g/mol. The van der Waals surface area contributed by atoms with E-state index in [1.807, 2.05) is 32.9 Å². The summed E-state index contributed by atoms with van der Waals surface area (Å²) in [4.78, 5) is 61.6. The van der Waals surface area contributed by atoms with Crippen LogP contribution in [0.2, 0.25) is 0 Å². The second-order valence-corrected chi connectivity index (χ2v) is 19.1. The number of aromatic nitrogens is 1. The zero-order valence-electron chi connectivity index (χ0n) is 35.3. The normalized spacial score (nSPS) is 27.7. The first-order valence-corrected chi connectivity index (χ1v) is 22.4. The Hall–Kier alpha value is -4.81. The maximum Gasteiger partial charge on any atom is 0.427 e. The van der Waals surface area contributed by atoms with Gasteiger partial charge in [0.25, 0.3) is 0 Å².